The van der Waals surface area contributed by atoms with Crippen molar-refractivity contribution in [3.05, 3.63) is 135 Å². The number of hydrogen-bond donors (Lipinski definition) is 1. The summed E-state index contributed by atoms with van der Waals surface area (Å²) in [4.78, 5) is 29.8. The molecule has 1 atom stereocenters. The molecule has 1 aliphatic rings. The minimum atomic E-state index is -0.0977. The molecular weight excluding hydrogens is 524 g/mol. The van der Waals surface area contributed by atoms with Crippen LogP contribution in [0.25, 0.3) is 6.08 Å². The number of fused-ring (bicyclic) bond motifs is 1. The fourth-order valence-electron chi connectivity index (χ4n) is 4.53. The van der Waals surface area contributed by atoms with Crippen molar-refractivity contribution < 1.29 is 9.59 Å². The van der Waals surface area contributed by atoms with E-state index in [1.807, 2.05) is 91.9 Å². The van der Waals surface area contributed by atoms with E-state index in [0.717, 1.165) is 34.6 Å². The lowest BCUT2D eigenvalue weighted by Gasteiger charge is -2.30. The number of hydrogen-bond acceptors (Lipinski definition) is 3. The molecule has 0 saturated heterocycles. The lowest BCUT2D eigenvalue weighted by atomic mass is 10.1. The first kappa shape index (κ1) is 26.8. The Kier molecular flexibility index (Phi) is 8.50. The van der Waals surface area contributed by atoms with Crippen LogP contribution in [-0.4, -0.2) is 17.9 Å². The molecule has 0 spiro atoms. The van der Waals surface area contributed by atoms with Gasteiger partial charge in [-0.25, -0.2) is 0 Å². The van der Waals surface area contributed by atoms with Gasteiger partial charge < -0.3 is 10.2 Å². The van der Waals surface area contributed by atoms with Gasteiger partial charge in [0.05, 0.1) is 17.1 Å². The molecule has 0 radical (unpaired) electrons. The highest BCUT2D eigenvalue weighted by Gasteiger charge is 2.29. The van der Waals surface area contributed by atoms with E-state index in [4.69, 9.17) is 11.6 Å². The summed E-state index contributed by atoms with van der Waals surface area (Å²) < 4.78 is 0. The number of carbonyl (C=O) groups is 2. The van der Waals surface area contributed by atoms with Gasteiger partial charge in [-0.1, -0.05) is 90.1 Å². The summed E-state index contributed by atoms with van der Waals surface area (Å²) >= 11 is 7.66. The lowest BCUT2D eigenvalue weighted by molar-refractivity contribution is -0.114. The number of anilines is 1. The number of aryl methyl sites for hydroxylation is 1. The molecule has 196 valence electrons. The Hall–Kier alpha value is -3.80. The molecule has 39 heavy (non-hydrogen) atoms. The van der Waals surface area contributed by atoms with Crippen molar-refractivity contribution in [2.75, 3.05) is 4.90 Å². The maximum atomic E-state index is 13.6. The number of para-hydroxylation sites is 1. The highest BCUT2D eigenvalue weighted by atomic mass is 35.5. The van der Waals surface area contributed by atoms with Crippen molar-refractivity contribution in [2.24, 2.45) is 0 Å². The number of carbonyl (C=O) groups excluding carboxylic acids is 2. The minimum absolute atomic E-state index is 0.0568. The third kappa shape index (κ3) is 6.80. The monoisotopic (exact) mass is 552 g/mol. The van der Waals surface area contributed by atoms with Crippen molar-refractivity contribution in [1.29, 1.82) is 0 Å². The fourth-order valence-corrected chi connectivity index (χ4v) is 5.80. The molecule has 1 heterocycles. The first-order valence-corrected chi connectivity index (χ1v) is 14.2. The van der Waals surface area contributed by atoms with Gasteiger partial charge in [-0.15, -0.1) is 0 Å². The highest BCUT2D eigenvalue weighted by molar-refractivity contribution is 8.04. The van der Waals surface area contributed by atoms with Crippen LogP contribution in [0.4, 0.5) is 5.69 Å². The molecule has 4 nitrogen and oxygen atoms in total. The largest absolute Gasteiger partial charge is 0.350 e. The molecular formula is C33H29ClN2O2S. The highest BCUT2D eigenvalue weighted by Crippen LogP contribution is 2.42. The van der Waals surface area contributed by atoms with Gasteiger partial charge in [-0.05, 0) is 78.9 Å². The number of nitrogens with one attached hydrogen (secondary N) is 1. The van der Waals surface area contributed by atoms with Gasteiger partial charge in [0.25, 0.3) is 11.8 Å². The molecule has 2 amide bonds. The second-order valence-corrected chi connectivity index (χ2v) is 11.1. The van der Waals surface area contributed by atoms with Crippen LogP contribution in [0.5, 0.6) is 0 Å². The Balaban J connectivity index is 1.28. The van der Waals surface area contributed by atoms with Crippen molar-refractivity contribution in [2.45, 2.75) is 37.2 Å². The van der Waals surface area contributed by atoms with Gasteiger partial charge in [-0.2, -0.15) is 0 Å². The summed E-state index contributed by atoms with van der Waals surface area (Å²) in [6.45, 7) is 2.45. The van der Waals surface area contributed by atoms with Crippen LogP contribution in [-0.2, 0) is 17.8 Å². The minimum Gasteiger partial charge on any atom is -0.350 e. The number of rotatable bonds is 8. The maximum Gasteiger partial charge on any atom is 0.265 e. The summed E-state index contributed by atoms with van der Waals surface area (Å²) in [6, 6.07) is 33.2. The zero-order valence-corrected chi connectivity index (χ0v) is 23.2. The first-order valence-electron chi connectivity index (χ1n) is 13.0. The average Bonchev–Trinajstić information content (AvgIpc) is 2.95. The Morgan fingerprint density at radius 3 is 2.41 bits per heavy atom. The second-order valence-electron chi connectivity index (χ2n) is 9.62. The van der Waals surface area contributed by atoms with Crippen LogP contribution < -0.4 is 10.2 Å². The van der Waals surface area contributed by atoms with Crippen molar-refractivity contribution in [3.8, 4) is 0 Å². The zero-order chi connectivity index (χ0) is 27.2. The average molecular weight is 553 g/mol. The third-order valence-corrected chi connectivity index (χ3v) is 7.93. The normalized spacial score (nSPS) is 14.7. The molecule has 6 heteroatoms. The Morgan fingerprint density at radius 1 is 0.923 bits per heavy atom. The van der Waals surface area contributed by atoms with Gasteiger partial charge in [0.2, 0.25) is 0 Å². The van der Waals surface area contributed by atoms with Crippen molar-refractivity contribution in [1.82, 2.24) is 5.32 Å². The van der Waals surface area contributed by atoms with Gasteiger partial charge in [0.15, 0.2) is 0 Å². The molecule has 1 aliphatic heterocycles. The molecule has 4 aromatic carbocycles. The lowest BCUT2D eigenvalue weighted by Crippen LogP contribution is -2.33. The van der Waals surface area contributed by atoms with Crippen LogP contribution in [0.1, 0.15) is 40.4 Å². The number of amides is 2. The maximum absolute atomic E-state index is 13.6. The predicted molar refractivity (Wildman–Crippen MR) is 161 cm³/mol. The van der Waals surface area contributed by atoms with E-state index in [9.17, 15) is 9.59 Å². The van der Waals surface area contributed by atoms with Crippen LogP contribution in [0.3, 0.4) is 0 Å². The van der Waals surface area contributed by atoms with E-state index < -0.39 is 0 Å². The molecule has 0 aliphatic carbocycles. The van der Waals surface area contributed by atoms with Crippen LogP contribution >= 0.6 is 23.4 Å². The molecule has 0 unspecified atom stereocenters. The number of nitrogens with zero attached hydrogens (tertiary/aromatic N) is 1. The molecule has 5 rings (SSSR count). The SMILES string of the molecule is C[C@@H](CCc1ccccc1)NC(=O)c1ccc(/C=C2/Sc3ccccc3N(Cc3cccc(Cl)c3)C2=O)cc1. The van der Waals surface area contributed by atoms with E-state index in [1.54, 1.807) is 17.0 Å². The molecule has 4 aromatic rings. The second kappa shape index (κ2) is 12.4. The van der Waals surface area contributed by atoms with Crippen molar-refractivity contribution in [3.63, 3.8) is 0 Å². The molecule has 0 aromatic heterocycles. The Labute approximate surface area is 238 Å². The summed E-state index contributed by atoms with van der Waals surface area (Å²) in [5, 5.41) is 3.73. The summed E-state index contributed by atoms with van der Waals surface area (Å²) in [6.07, 6.45) is 3.67. The summed E-state index contributed by atoms with van der Waals surface area (Å²) in [5.74, 6) is -0.160. The quantitative estimate of drug-likeness (QED) is 0.227. The van der Waals surface area contributed by atoms with E-state index >= 15 is 0 Å². The van der Waals surface area contributed by atoms with E-state index in [2.05, 4.69) is 17.4 Å². The van der Waals surface area contributed by atoms with Gasteiger partial charge in [0, 0.05) is 21.5 Å². The Bertz CT molecular complexity index is 1500. The number of thioether (sulfide) groups is 1. The topological polar surface area (TPSA) is 49.4 Å². The smallest absolute Gasteiger partial charge is 0.265 e. The first-order chi connectivity index (χ1) is 19.0. The third-order valence-electron chi connectivity index (χ3n) is 6.62. The summed E-state index contributed by atoms with van der Waals surface area (Å²) in [7, 11) is 0. The van der Waals surface area contributed by atoms with Crippen LogP contribution in [0.2, 0.25) is 5.02 Å². The zero-order valence-electron chi connectivity index (χ0n) is 21.6. The number of halogens is 1. The van der Waals surface area contributed by atoms with E-state index in [1.165, 1.54) is 17.3 Å². The summed E-state index contributed by atoms with van der Waals surface area (Å²) in [5.41, 5.74) is 4.57. The van der Waals surface area contributed by atoms with E-state index in [-0.39, 0.29) is 17.9 Å². The fraction of sp³-hybridized carbons (Fsp3) is 0.152. The van der Waals surface area contributed by atoms with E-state index in [0.29, 0.717) is 22.0 Å². The van der Waals surface area contributed by atoms with Crippen LogP contribution in [0, 0.1) is 0 Å². The molecule has 0 fully saturated rings. The van der Waals surface area contributed by atoms with Crippen LogP contribution in [0.15, 0.2) is 113 Å². The Morgan fingerprint density at radius 2 is 1.64 bits per heavy atom. The van der Waals surface area contributed by atoms with Gasteiger partial charge in [0.1, 0.15) is 0 Å². The van der Waals surface area contributed by atoms with Crippen molar-refractivity contribution >= 4 is 46.9 Å². The molecule has 0 saturated carbocycles. The standard InChI is InChI=1S/C33H29ClN2O2S/c1-23(14-15-24-8-3-2-4-9-24)35-32(37)27-18-16-25(17-19-27)21-31-33(38)36(22-26-10-7-11-28(34)20-26)29-12-5-6-13-30(29)39-31/h2-13,16-21,23H,14-15,22H2,1H3,(H,35,37)/b31-21+/t23-/m0/s1. The van der Waals surface area contributed by atoms with Gasteiger partial charge in [-0.3, -0.25) is 9.59 Å². The number of benzene rings is 4. The molecule has 0 bridgehead atoms. The molecule has 1 N–H and O–H groups in total. The predicted octanol–water partition coefficient (Wildman–Crippen LogP) is 7.77. The van der Waals surface area contributed by atoms with Gasteiger partial charge >= 0.3 is 0 Å².